The quantitative estimate of drug-likeness (QED) is 0.558. The summed E-state index contributed by atoms with van der Waals surface area (Å²) in [4.78, 5) is 20.0. The molecule has 3 nitrogen and oxygen atoms in total. The number of carbonyl (C=O) groups excluding carboxylic acids is 1. The first kappa shape index (κ1) is 9.62. The molecule has 1 atom stereocenters. The summed E-state index contributed by atoms with van der Waals surface area (Å²) in [6, 6.07) is 0. The summed E-state index contributed by atoms with van der Waals surface area (Å²) in [5.41, 5.74) is 0. The molecule has 0 aliphatic heterocycles. The third-order valence-electron chi connectivity index (χ3n) is 1.04. The molecule has 0 aliphatic rings. The zero-order chi connectivity index (χ0) is 8.31. The molecule has 0 aliphatic carbocycles. The molecule has 0 radical (unpaired) electrons. The summed E-state index contributed by atoms with van der Waals surface area (Å²) in [5, 5.41) is 8.33. The second-order valence-electron chi connectivity index (χ2n) is 2.26. The minimum atomic E-state index is -1.13. The third kappa shape index (κ3) is 2.47. The Bertz CT molecular complexity index is 153. The number of carboxylic acids is 1. The minimum Gasteiger partial charge on any atom is -0.480 e. The highest BCUT2D eigenvalue weighted by molar-refractivity contribution is 9.10. The van der Waals surface area contributed by atoms with Crippen molar-refractivity contribution in [2.75, 3.05) is 0 Å². The number of halogens is 1. The lowest BCUT2D eigenvalue weighted by Crippen LogP contribution is -2.27. The van der Waals surface area contributed by atoms with Crippen LogP contribution in [0.15, 0.2) is 0 Å². The van der Waals surface area contributed by atoms with Crippen LogP contribution in [0.4, 0.5) is 0 Å². The Morgan fingerprint density at radius 2 is 1.80 bits per heavy atom. The predicted octanol–water partition coefficient (Wildman–Crippen LogP) is 1.06. The van der Waals surface area contributed by atoms with Gasteiger partial charge in [-0.25, -0.2) is 0 Å². The van der Waals surface area contributed by atoms with Crippen molar-refractivity contribution in [3.05, 3.63) is 0 Å². The normalized spacial score (nSPS) is 13.2. The number of Topliss-reactive ketones (excluding diaryl/α,β-unsaturated/α-hetero) is 1. The van der Waals surface area contributed by atoms with Gasteiger partial charge < -0.3 is 5.11 Å². The van der Waals surface area contributed by atoms with Gasteiger partial charge in [0.1, 0.15) is 0 Å². The number of aliphatic carboxylic acids is 1. The molecule has 0 fully saturated rings. The Hall–Kier alpha value is -0.380. The van der Waals surface area contributed by atoms with E-state index in [9.17, 15) is 9.59 Å². The monoisotopic (exact) mass is 208 g/mol. The fourth-order valence-corrected chi connectivity index (χ4v) is 0.943. The van der Waals surface area contributed by atoms with E-state index in [0.29, 0.717) is 0 Å². The van der Waals surface area contributed by atoms with Crippen molar-refractivity contribution in [3.63, 3.8) is 0 Å². The number of hydrogen-bond acceptors (Lipinski definition) is 2. The van der Waals surface area contributed by atoms with Crippen LogP contribution >= 0.6 is 15.9 Å². The van der Waals surface area contributed by atoms with Gasteiger partial charge >= 0.3 is 5.97 Å². The fourth-order valence-electron chi connectivity index (χ4n) is 0.414. The number of carboxylic acid groups (broad SMARTS) is 1. The molecule has 0 saturated carbocycles. The van der Waals surface area contributed by atoms with Crippen LogP contribution in [0.1, 0.15) is 13.8 Å². The molecule has 0 amide bonds. The topological polar surface area (TPSA) is 54.4 Å². The average Bonchev–Trinajstić information content (AvgIpc) is 1.84. The molecular weight excluding hydrogens is 200 g/mol. The van der Waals surface area contributed by atoms with Gasteiger partial charge in [0.05, 0.1) is 0 Å². The maximum absolute atomic E-state index is 10.9. The molecule has 1 N–H and O–H groups in total. The molecule has 0 bridgehead atoms. The Kier molecular flexibility index (Phi) is 3.57. The van der Waals surface area contributed by atoms with Crippen molar-refractivity contribution in [1.82, 2.24) is 0 Å². The Morgan fingerprint density at radius 1 is 1.40 bits per heavy atom. The highest BCUT2D eigenvalue weighted by Crippen LogP contribution is 2.07. The minimum absolute atomic E-state index is 0.236. The first-order valence-electron chi connectivity index (χ1n) is 2.87. The van der Waals surface area contributed by atoms with Gasteiger partial charge in [-0.3, -0.25) is 9.59 Å². The van der Waals surface area contributed by atoms with Gasteiger partial charge in [0.25, 0.3) is 0 Å². The lowest BCUT2D eigenvalue weighted by molar-refractivity contribution is -0.139. The molecule has 1 unspecified atom stereocenters. The molecule has 10 heavy (non-hydrogen) atoms. The van der Waals surface area contributed by atoms with Crippen molar-refractivity contribution in [2.45, 2.75) is 18.7 Å². The van der Waals surface area contributed by atoms with E-state index in [1.54, 1.807) is 13.8 Å². The third-order valence-corrected chi connectivity index (χ3v) is 1.88. The van der Waals surface area contributed by atoms with Gasteiger partial charge in [-0.15, -0.1) is 0 Å². The molecule has 0 aromatic heterocycles. The fraction of sp³-hybridized carbons (Fsp3) is 0.667. The number of hydrogen-bond donors (Lipinski definition) is 1. The summed E-state index contributed by atoms with van der Waals surface area (Å²) in [6.07, 6.45) is 0. The molecule has 4 heteroatoms. The predicted molar refractivity (Wildman–Crippen MR) is 40.2 cm³/mol. The zero-order valence-corrected chi connectivity index (χ0v) is 7.38. The van der Waals surface area contributed by atoms with Crippen LogP contribution in [0.25, 0.3) is 0 Å². The van der Waals surface area contributed by atoms with Gasteiger partial charge in [0, 0.05) is 5.92 Å². The van der Waals surface area contributed by atoms with E-state index in [1.165, 1.54) is 0 Å². The van der Waals surface area contributed by atoms with E-state index >= 15 is 0 Å². The molecule has 0 aromatic carbocycles. The van der Waals surface area contributed by atoms with Crippen LogP contribution in [-0.2, 0) is 9.59 Å². The van der Waals surface area contributed by atoms with E-state index in [0.717, 1.165) is 0 Å². The number of rotatable bonds is 3. The van der Waals surface area contributed by atoms with Crippen molar-refractivity contribution in [3.8, 4) is 0 Å². The summed E-state index contributed by atoms with van der Waals surface area (Å²) in [6.45, 7) is 3.33. The summed E-state index contributed by atoms with van der Waals surface area (Å²) in [5.74, 6) is -1.66. The molecular formula is C6H9BrO3. The lowest BCUT2D eigenvalue weighted by atomic mass is 10.1. The Labute approximate surface area is 67.5 Å². The van der Waals surface area contributed by atoms with Gasteiger partial charge in [-0.2, -0.15) is 0 Å². The lowest BCUT2D eigenvalue weighted by Gasteiger charge is -2.05. The average molecular weight is 209 g/mol. The first-order chi connectivity index (χ1) is 4.46. The van der Waals surface area contributed by atoms with E-state index in [4.69, 9.17) is 5.11 Å². The van der Waals surface area contributed by atoms with Crippen LogP contribution in [0.5, 0.6) is 0 Å². The highest BCUT2D eigenvalue weighted by atomic mass is 79.9. The van der Waals surface area contributed by atoms with Gasteiger partial charge in [0.2, 0.25) is 0 Å². The van der Waals surface area contributed by atoms with Crippen molar-refractivity contribution in [1.29, 1.82) is 0 Å². The zero-order valence-electron chi connectivity index (χ0n) is 5.80. The second-order valence-corrected chi connectivity index (χ2v) is 3.17. The number of carbonyl (C=O) groups is 2. The summed E-state index contributed by atoms with van der Waals surface area (Å²) >= 11 is 2.76. The smallest absolute Gasteiger partial charge is 0.324 e. The van der Waals surface area contributed by atoms with Crippen LogP contribution < -0.4 is 0 Å². The Morgan fingerprint density at radius 3 is 1.90 bits per heavy atom. The van der Waals surface area contributed by atoms with Crippen LogP contribution in [0, 0.1) is 5.92 Å². The number of alkyl halides is 1. The maximum atomic E-state index is 10.9. The molecule has 0 spiro atoms. The molecule has 0 saturated heterocycles. The van der Waals surface area contributed by atoms with Gasteiger partial charge in [0.15, 0.2) is 10.6 Å². The van der Waals surface area contributed by atoms with E-state index in [1.807, 2.05) is 0 Å². The molecule has 0 rings (SSSR count). The van der Waals surface area contributed by atoms with E-state index in [2.05, 4.69) is 15.9 Å². The van der Waals surface area contributed by atoms with Crippen LogP contribution in [-0.4, -0.2) is 21.7 Å². The largest absolute Gasteiger partial charge is 0.480 e. The van der Waals surface area contributed by atoms with E-state index < -0.39 is 10.8 Å². The molecule has 0 heterocycles. The molecule has 58 valence electrons. The first-order valence-corrected chi connectivity index (χ1v) is 3.79. The standard InChI is InChI=1S/C6H9BrO3/c1-3(2)5(8)4(7)6(9)10/h3-4H,1-2H3,(H,9,10). The summed E-state index contributed by atoms with van der Waals surface area (Å²) in [7, 11) is 0. The van der Waals surface area contributed by atoms with Crippen LogP contribution in [0.2, 0.25) is 0 Å². The van der Waals surface area contributed by atoms with Crippen molar-refractivity contribution >= 4 is 27.7 Å². The van der Waals surface area contributed by atoms with E-state index in [-0.39, 0.29) is 11.7 Å². The second kappa shape index (κ2) is 3.71. The van der Waals surface area contributed by atoms with Gasteiger partial charge in [-0.1, -0.05) is 29.8 Å². The molecule has 0 aromatic rings. The summed E-state index contributed by atoms with van der Waals surface area (Å²) < 4.78 is 0. The SMILES string of the molecule is CC(C)C(=O)C(Br)C(=O)O. The van der Waals surface area contributed by atoms with Crippen molar-refractivity contribution in [2.24, 2.45) is 5.92 Å². The Balaban J connectivity index is 4.08. The highest BCUT2D eigenvalue weighted by Gasteiger charge is 2.24. The maximum Gasteiger partial charge on any atom is 0.324 e. The number of ketones is 1. The van der Waals surface area contributed by atoms with Gasteiger partial charge in [-0.05, 0) is 0 Å². The van der Waals surface area contributed by atoms with Crippen LogP contribution in [0.3, 0.4) is 0 Å². The van der Waals surface area contributed by atoms with Crippen molar-refractivity contribution < 1.29 is 14.7 Å².